The van der Waals surface area contributed by atoms with E-state index in [1.165, 1.54) is 0 Å². The predicted molar refractivity (Wildman–Crippen MR) is 62.7 cm³/mol. The molecule has 1 aromatic carbocycles. The van der Waals surface area contributed by atoms with Crippen LogP contribution in [0.4, 0.5) is 18.9 Å². The molecule has 0 aliphatic rings. The fraction of sp³-hybridized carbons (Fsp3) is 0.154. The molecule has 0 unspecified atom stereocenters. The van der Waals surface area contributed by atoms with Crippen molar-refractivity contribution in [2.45, 2.75) is 6.42 Å². The molecule has 0 aliphatic heterocycles. The molecule has 1 N–H and O–H groups in total. The predicted octanol–water partition coefficient (Wildman–Crippen LogP) is 3.15. The molecule has 1 heterocycles. The summed E-state index contributed by atoms with van der Waals surface area (Å²) in [7, 11) is 0. The van der Waals surface area contributed by atoms with Gasteiger partial charge in [-0.2, -0.15) is 0 Å². The number of aromatic nitrogens is 1. The van der Waals surface area contributed by atoms with Crippen molar-refractivity contribution in [3.63, 3.8) is 0 Å². The van der Waals surface area contributed by atoms with Crippen LogP contribution in [0.25, 0.3) is 0 Å². The minimum absolute atomic E-state index is 0.223. The van der Waals surface area contributed by atoms with Gasteiger partial charge in [0, 0.05) is 36.8 Å². The molecule has 0 radical (unpaired) electrons. The van der Waals surface area contributed by atoms with Crippen LogP contribution in [-0.2, 0) is 6.42 Å². The lowest BCUT2D eigenvalue weighted by Crippen LogP contribution is -2.06. The highest BCUT2D eigenvalue weighted by Gasteiger charge is 2.09. The summed E-state index contributed by atoms with van der Waals surface area (Å²) in [6.07, 6.45) is 4.03. The zero-order valence-corrected chi connectivity index (χ0v) is 9.46. The summed E-state index contributed by atoms with van der Waals surface area (Å²) in [4.78, 5) is 3.88. The Morgan fingerprint density at radius 3 is 2.22 bits per heavy atom. The van der Waals surface area contributed by atoms with Gasteiger partial charge in [0.1, 0.15) is 0 Å². The largest absolute Gasteiger partial charge is 0.385 e. The van der Waals surface area contributed by atoms with E-state index in [1.54, 1.807) is 12.4 Å². The molecule has 18 heavy (non-hydrogen) atoms. The van der Waals surface area contributed by atoms with E-state index >= 15 is 0 Å². The van der Waals surface area contributed by atoms with E-state index in [9.17, 15) is 13.2 Å². The van der Waals surface area contributed by atoms with Gasteiger partial charge in [-0.25, -0.2) is 13.2 Å². The second kappa shape index (κ2) is 5.53. The molecule has 0 amide bonds. The van der Waals surface area contributed by atoms with E-state index < -0.39 is 17.5 Å². The van der Waals surface area contributed by atoms with Crippen LogP contribution in [0.15, 0.2) is 36.7 Å². The molecule has 0 atom stereocenters. The SMILES string of the molecule is Fc1cc(NCCc2ccncc2)cc(F)c1F. The Labute approximate surface area is 102 Å². The summed E-state index contributed by atoms with van der Waals surface area (Å²) in [5.74, 6) is -3.84. The van der Waals surface area contributed by atoms with Crippen molar-refractivity contribution in [2.24, 2.45) is 0 Å². The first-order valence-corrected chi connectivity index (χ1v) is 5.44. The van der Waals surface area contributed by atoms with Crippen molar-refractivity contribution in [1.82, 2.24) is 4.98 Å². The van der Waals surface area contributed by atoms with E-state index in [0.29, 0.717) is 13.0 Å². The molecule has 2 rings (SSSR count). The third kappa shape index (κ3) is 3.00. The van der Waals surface area contributed by atoms with Crippen LogP contribution in [0, 0.1) is 17.5 Å². The van der Waals surface area contributed by atoms with Crippen LogP contribution in [-0.4, -0.2) is 11.5 Å². The Hall–Kier alpha value is -2.04. The van der Waals surface area contributed by atoms with Crippen LogP contribution in [0.3, 0.4) is 0 Å². The summed E-state index contributed by atoms with van der Waals surface area (Å²) < 4.78 is 38.6. The van der Waals surface area contributed by atoms with Gasteiger partial charge in [-0.1, -0.05) is 0 Å². The molecule has 2 nitrogen and oxygen atoms in total. The number of hydrogen-bond donors (Lipinski definition) is 1. The zero-order chi connectivity index (χ0) is 13.0. The highest BCUT2D eigenvalue weighted by atomic mass is 19.2. The summed E-state index contributed by atoms with van der Waals surface area (Å²) in [5.41, 5.74) is 1.28. The van der Waals surface area contributed by atoms with Gasteiger partial charge in [0.25, 0.3) is 0 Å². The maximum Gasteiger partial charge on any atom is 0.194 e. The van der Waals surface area contributed by atoms with Crippen molar-refractivity contribution in [1.29, 1.82) is 0 Å². The molecule has 0 bridgehead atoms. The van der Waals surface area contributed by atoms with Gasteiger partial charge in [0.05, 0.1) is 0 Å². The van der Waals surface area contributed by atoms with E-state index in [-0.39, 0.29) is 5.69 Å². The maximum atomic E-state index is 12.9. The van der Waals surface area contributed by atoms with Crippen LogP contribution in [0.2, 0.25) is 0 Å². The highest BCUT2D eigenvalue weighted by molar-refractivity contribution is 5.44. The first-order chi connectivity index (χ1) is 8.66. The Morgan fingerprint density at radius 2 is 1.61 bits per heavy atom. The number of nitrogens with zero attached hydrogens (tertiary/aromatic N) is 1. The average Bonchev–Trinajstić information content (AvgIpc) is 2.37. The molecule has 94 valence electrons. The van der Waals surface area contributed by atoms with Gasteiger partial charge in [0.2, 0.25) is 0 Å². The van der Waals surface area contributed by atoms with Gasteiger partial charge in [-0.05, 0) is 24.1 Å². The summed E-state index contributed by atoms with van der Waals surface area (Å²) in [5, 5.41) is 2.83. The fourth-order valence-corrected chi connectivity index (χ4v) is 1.56. The summed E-state index contributed by atoms with van der Waals surface area (Å²) in [6.45, 7) is 0.495. The van der Waals surface area contributed by atoms with Gasteiger partial charge in [-0.15, -0.1) is 0 Å². The Bertz CT molecular complexity index is 506. The third-order valence-electron chi connectivity index (χ3n) is 2.48. The van der Waals surface area contributed by atoms with E-state index in [0.717, 1.165) is 17.7 Å². The zero-order valence-electron chi connectivity index (χ0n) is 9.46. The van der Waals surface area contributed by atoms with Gasteiger partial charge < -0.3 is 5.32 Å². The molecule has 0 spiro atoms. The quantitative estimate of drug-likeness (QED) is 0.845. The van der Waals surface area contributed by atoms with Crippen LogP contribution in [0.1, 0.15) is 5.56 Å². The lowest BCUT2D eigenvalue weighted by atomic mass is 10.2. The van der Waals surface area contributed by atoms with Crippen molar-refractivity contribution in [3.8, 4) is 0 Å². The lowest BCUT2D eigenvalue weighted by Gasteiger charge is -2.07. The van der Waals surface area contributed by atoms with Crippen molar-refractivity contribution >= 4 is 5.69 Å². The molecule has 0 aliphatic carbocycles. The van der Waals surface area contributed by atoms with Gasteiger partial charge >= 0.3 is 0 Å². The highest BCUT2D eigenvalue weighted by Crippen LogP contribution is 2.17. The van der Waals surface area contributed by atoms with Crippen LogP contribution >= 0.6 is 0 Å². The first-order valence-electron chi connectivity index (χ1n) is 5.44. The first kappa shape index (κ1) is 12.4. The summed E-state index contributed by atoms with van der Waals surface area (Å²) in [6, 6.07) is 5.58. The molecule has 0 saturated heterocycles. The fourth-order valence-electron chi connectivity index (χ4n) is 1.56. The topological polar surface area (TPSA) is 24.9 Å². The molecule has 2 aromatic rings. The number of halogens is 3. The Balaban J connectivity index is 1.95. The monoisotopic (exact) mass is 252 g/mol. The molecule has 1 aromatic heterocycles. The van der Waals surface area contributed by atoms with E-state index in [2.05, 4.69) is 10.3 Å². The molecular formula is C13H11F3N2. The van der Waals surface area contributed by atoms with Crippen LogP contribution < -0.4 is 5.32 Å². The third-order valence-corrected chi connectivity index (χ3v) is 2.48. The molecular weight excluding hydrogens is 241 g/mol. The van der Waals surface area contributed by atoms with Gasteiger partial charge in [0.15, 0.2) is 17.5 Å². The molecule has 0 saturated carbocycles. The Kier molecular flexibility index (Phi) is 3.82. The average molecular weight is 252 g/mol. The number of anilines is 1. The standard InChI is InChI=1S/C13H11F3N2/c14-11-7-10(8-12(15)13(11)16)18-6-3-9-1-4-17-5-2-9/h1-2,4-5,7-8,18H,3,6H2. The van der Waals surface area contributed by atoms with Gasteiger partial charge in [-0.3, -0.25) is 4.98 Å². The second-order valence-electron chi connectivity index (χ2n) is 3.79. The van der Waals surface area contributed by atoms with Crippen molar-refractivity contribution in [3.05, 3.63) is 59.7 Å². The van der Waals surface area contributed by atoms with E-state index in [4.69, 9.17) is 0 Å². The molecule has 5 heteroatoms. The minimum Gasteiger partial charge on any atom is -0.385 e. The van der Waals surface area contributed by atoms with E-state index in [1.807, 2.05) is 12.1 Å². The Morgan fingerprint density at radius 1 is 1.00 bits per heavy atom. The van der Waals surface area contributed by atoms with Crippen molar-refractivity contribution in [2.75, 3.05) is 11.9 Å². The smallest absolute Gasteiger partial charge is 0.194 e. The number of hydrogen-bond acceptors (Lipinski definition) is 2. The second-order valence-corrected chi connectivity index (χ2v) is 3.79. The van der Waals surface area contributed by atoms with Crippen molar-refractivity contribution < 1.29 is 13.2 Å². The lowest BCUT2D eigenvalue weighted by molar-refractivity contribution is 0.447. The number of nitrogens with one attached hydrogen (secondary N) is 1. The molecule has 0 fully saturated rings. The number of rotatable bonds is 4. The minimum atomic E-state index is -1.45. The number of benzene rings is 1. The van der Waals surface area contributed by atoms with Crippen LogP contribution in [0.5, 0.6) is 0 Å². The normalized spacial score (nSPS) is 10.4. The maximum absolute atomic E-state index is 12.9. The summed E-state index contributed by atoms with van der Waals surface area (Å²) >= 11 is 0. The number of pyridine rings is 1.